The number of ether oxygens (including phenoxy) is 3. The molecule has 0 aromatic rings. The molecule has 0 aromatic carbocycles. The predicted molar refractivity (Wildman–Crippen MR) is 48.7 cm³/mol. The second kappa shape index (κ2) is 8.98. The van der Waals surface area contributed by atoms with Gasteiger partial charge >= 0.3 is 0 Å². The summed E-state index contributed by atoms with van der Waals surface area (Å²) >= 11 is 0. The van der Waals surface area contributed by atoms with E-state index >= 15 is 0 Å². The Morgan fingerprint density at radius 2 is 0.933 bits per heavy atom. The SMILES string of the molecule is [O-][NH+]1OCCOCCOCCOCCO1. The van der Waals surface area contributed by atoms with E-state index in [1.807, 2.05) is 0 Å². The minimum atomic E-state index is -0.685. The van der Waals surface area contributed by atoms with E-state index in [0.717, 1.165) is 0 Å². The minimum absolute atomic E-state index is 0.194. The fourth-order valence-corrected chi connectivity index (χ4v) is 0.951. The Labute approximate surface area is 88.3 Å². The topological polar surface area (TPSA) is 73.7 Å². The first kappa shape index (κ1) is 12.8. The van der Waals surface area contributed by atoms with Crippen LogP contribution >= 0.6 is 0 Å². The average molecular weight is 223 g/mol. The largest absolute Gasteiger partial charge is 0.566 e. The molecule has 7 heteroatoms. The Bertz CT molecular complexity index is 133. The van der Waals surface area contributed by atoms with Crippen molar-refractivity contribution in [2.75, 3.05) is 52.9 Å². The van der Waals surface area contributed by atoms with E-state index in [1.54, 1.807) is 0 Å². The third kappa shape index (κ3) is 7.63. The van der Waals surface area contributed by atoms with Crippen molar-refractivity contribution in [3.63, 3.8) is 0 Å². The van der Waals surface area contributed by atoms with Gasteiger partial charge < -0.3 is 19.4 Å². The first-order chi connectivity index (χ1) is 7.39. The van der Waals surface area contributed by atoms with E-state index in [-0.39, 0.29) is 13.2 Å². The highest BCUT2D eigenvalue weighted by Gasteiger charge is 2.01. The van der Waals surface area contributed by atoms with Crippen molar-refractivity contribution in [2.24, 2.45) is 0 Å². The van der Waals surface area contributed by atoms with Crippen molar-refractivity contribution in [1.82, 2.24) is 0 Å². The molecule has 15 heavy (non-hydrogen) atoms. The molecule has 0 bridgehead atoms. The van der Waals surface area contributed by atoms with E-state index in [9.17, 15) is 5.21 Å². The van der Waals surface area contributed by atoms with Crippen LogP contribution in [0.3, 0.4) is 0 Å². The maximum absolute atomic E-state index is 10.9. The van der Waals surface area contributed by atoms with Gasteiger partial charge in [0.05, 0.1) is 39.6 Å². The molecule has 0 aromatic heterocycles. The molecule has 0 radical (unpaired) electrons. The van der Waals surface area contributed by atoms with Crippen LogP contribution in [0.5, 0.6) is 0 Å². The monoisotopic (exact) mass is 223 g/mol. The van der Waals surface area contributed by atoms with Crippen LogP contribution in [0.1, 0.15) is 0 Å². The molecule has 1 N–H and O–H groups in total. The van der Waals surface area contributed by atoms with Gasteiger partial charge in [0.25, 0.3) is 0 Å². The first-order valence-electron chi connectivity index (χ1n) is 4.92. The van der Waals surface area contributed by atoms with Crippen molar-refractivity contribution in [1.29, 1.82) is 0 Å². The Balaban J connectivity index is 2.10. The second-order valence-electron chi connectivity index (χ2n) is 2.78. The van der Waals surface area contributed by atoms with E-state index in [4.69, 9.17) is 23.9 Å². The molecule has 1 saturated heterocycles. The maximum atomic E-state index is 10.9. The molecule has 7 nitrogen and oxygen atoms in total. The molecule has 1 aliphatic heterocycles. The Hall–Kier alpha value is -0.280. The van der Waals surface area contributed by atoms with Crippen molar-refractivity contribution in [3.05, 3.63) is 5.21 Å². The van der Waals surface area contributed by atoms with E-state index < -0.39 is 5.39 Å². The molecule has 1 fully saturated rings. The van der Waals surface area contributed by atoms with Gasteiger partial charge in [-0.1, -0.05) is 5.39 Å². The number of rotatable bonds is 0. The van der Waals surface area contributed by atoms with Gasteiger partial charge in [0.15, 0.2) is 0 Å². The van der Waals surface area contributed by atoms with E-state index in [1.165, 1.54) is 0 Å². The van der Waals surface area contributed by atoms with Crippen molar-refractivity contribution in [2.45, 2.75) is 0 Å². The second-order valence-corrected chi connectivity index (χ2v) is 2.78. The summed E-state index contributed by atoms with van der Waals surface area (Å²) in [5.41, 5.74) is 0. The van der Waals surface area contributed by atoms with Crippen LogP contribution in [0.4, 0.5) is 0 Å². The zero-order valence-electron chi connectivity index (χ0n) is 8.61. The summed E-state index contributed by atoms with van der Waals surface area (Å²) < 4.78 is 15.5. The Morgan fingerprint density at radius 1 is 0.600 bits per heavy atom. The summed E-state index contributed by atoms with van der Waals surface area (Å²) in [6.45, 7) is 3.11. The summed E-state index contributed by atoms with van der Waals surface area (Å²) in [6, 6.07) is 0. The van der Waals surface area contributed by atoms with E-state index in [2.05, 4.69) is 0 Å². The number of quaternary nitrogens is 1. The lowest BCUT2D eigenvalue weighted by Gasteiger charge is -2.17. The third-order valence-electron chi connectivity index (χ3n) is 1.64. The Kier molecular flexibility index (Phi) is 7.66. The summed E-state index contributed by atoms with van der Waals surface area (Å²) in [6.07, 6.45) is 0. The van der Waals surface area contributed by atoms with Gasteiger partial charge in [0.1, 0.15) is 13.2 Å². The zero-order valence-corrected chi connectivity index (χ0v) is 8.61. The summed E-state index contributed by atoms with van der Waals surface area (Å²) in [5.74, 6) is 0. The minimum Gasteiger partial charge on any atom is -0.566 e. The first-order valence-corrected chi connectivity index (χ1v) is 4.92. The quantitative estimate of drug-likeness (QED) is 0.493. The van der Waals surface area contributed by atoms with Crippen molar-refractivity contribution >= 4 is 0 Å². The standard InChI is InChI=1S/C8H17NO6/c10-9-14-7-5-12-3-1-11-2-4-13-6-8-15-9/h9H,1-8H2. The zero-order chi connectivity index (χ0) is 10.8. The van der Waals surface area contributed by atoms with Gasteiger partial charge in [-0.05, 0) is 0 Å². The van der Waals surface area contributed by atoms with Gasteiger partial charge in [-0.15, -0.1) is 0 Å². The van der Waals surface area contributed by atoms with Crippen LogP contribution in [-0.2, 0) is 23.9 Å². The highest BCUT2D eigenvalue weighted by molar-refractivity contribution is 4.34. The maximum Gasteiger partial charge on any atom is 0.134 e. The lowest BCUT2D eigenvalue weighted by Crippen LogP contribution is -3.05. The molecule has 90 valence electrons. The highest BCUT2D eigenvalue weighted by atomic mass is 17.1. The lowest BCUT2D eigenvalue weighted by atomic mass is 10.7. The highest BCUT2D eigenvalue weighted by Crippen LogP contribution is 1.82. The smallest absolute Gasteiger partial charge is 0.134 e. The van der Waals surface area contributed by atoms with Crippen LogP contribution in [-0.4, -0.2) is 52.9 Å². The van der Waals surface area contributed by atoms with Crippen LogP contribution in [0.25, 0.3) is 0 Å². The fourth-order valence-electron chi connectivity index (χ4n) is 0.951. The van der Waals surface area contributed by atoms with Crippen molar-refractivity contribution in [3.8, 4) is 0 Å². The van der Waals surface area contributed by atoms with Crippen LogP contribution < -0.4 is 5.39 Å². The van der Waals surface area contributed by atoms with Gasteiger partial charge in [-0.3, -0.25) is 0 Å². The molecular formula is C8H17NO6. The van der Waals surface area contributed by atoms with Crippen LogP contribution in [0.15, 0.2) is 0 Å². The molecular weight excluding hydrogens is 206 g/mol. The van der Waals surface area contributed by atoms with Gasteiger partial charge in [-0.2, -0.15) is 9.68 Å². The normalized spacial score (nSPS) is 24.6. The van der Waals surface area contributed by atoms with Gasteiger partial charge in [0, 0.05) is 0 Å². The van der Waals surface area contributed by atoms with Crippen LogP contribution in [0, 0.1) is 5.21 Å². The summed E-state index contributed by atoms with van der Waals surface area (Å²) in [7, 11) is 0. The van der Waals surface area contributed by atoms with Crippen LogP contribution in [0.2, 0.25) is 0 Å². The number of hydrogen-bond donors (Lipinski definition) is 1. The van der Waals surface area contributed by atoms with Gasteiger partial charge in [-0.25, -0.2) is 0 Å². The van der Waals surface area contributed by atoms with Gasteiger partial charge in [0.2, 0.25) is 0 Å². The van der Waals surface area contributed by atoms with E-state index in [0.29, 0.717) is 39.6 Å². The molecule has 1 aliphatic rings. The molecule has 1 heterocycles. The summed E-state index contributed by atoms with van der Waals surface area (Å²) in [5, 5.41) is 10.2. The summed E-state index contributed by atoms with van der Waals surface area (Å²) in [4.78, 5) is 9.41. The molecule has 0 aliphatic carbocycles. The molecule has 0 spiro atoms. The molecule has 0 amide bonds. The molecule has 1 rings (SSSR count). The lowest BCUT2D eigenvalue weighted by molar-refractivity contribution is -1.21. The molecule has 0 saturated carbocycles. The predicted octanol–water partition coefficient (Wildman–Crippen LogP) is -1.70. The number of nitrogens with one attached hydrogen (secondary N) is 1. The molecule has 0 atom stereocenters. The average Bonchev–Trinajstić information content (AvgIpc) is 2.24. The third-order valence-corrected chi connectivity index (χ3v) is 1.64. The Morgan fingerprint density at radius 3 is 1.33 bits per heavy atom. The van der Waals surface area contributed by atoms with Crippen molar-refractivity contribution < 1.29 is 29.3 Å². The molecule has 0 unspecified atom stereocenters. The fraction of sp³-hybridized carbons (Fsp3) is 1.00. The number of hydrogen-bond acceptors (Lipinski definition) is 6.